The number of nitrogens with zero attached hydrogens (tertiary/aromatic N) is 3. The van der Waals surface area contributed by atoms with Gasteiger partial charge in [-0.05, 0) is 32.9 Å². The van der Waals surface area contributed by atoms with E-state index in [-0.39, 0.29) is 0 Å². The van der Waals surface area contributed by atoms with Crippen LogP contribution in [0.15, 0.2) is 18.3 Å². The van der Waals surface area contributed by atoms with Gasteiger partial charge >= 0.3 is 0 Å². The summed E-state index contributed by atoms with van der Waals surface area (Å²) in [6.45, 7) is 7.47. The molecule has 0 saturated carbocycles. The molecule has 20 heavy (non-hydrogen) atoms. The fourth-order valence-electron chi connectivity index (χ4n) is 2.13. The summed E-state index contributed by atoms with van der Waals surface area (Å²) < 4.78 is 25.6. The van der Waals surface area contributed by atoms with Crippen LogP contribution in [-0.2, 0) is 10.0 Å². The molecular formula is C13H22N4O2S. The molecule has 0 atom stereocenters. The smallest absolute Gasteiger partial charge is 0.219 e. The maximum absolute atomic E-state index is 12.4. The van der Waals surface area contributed by atoms with Crippen LogP contribution in [0.4, 0.5) is 11.5 Å². The maximum atomic E-state index is 12.4. The van der Waals surface area contributed by atoms with Crippen molar-refractivity contribution in [1.29, 1.82) is 0 Å². The van der Waals surface area contributed by atoms with Crippen LogP contribution in [0.2, 0.25) is 0 Å². The van der Waals surface area contributed by atoms with E-state index in [1.165, 1.54) is 0 Å². The van der Waals surface area contributed by atoms with Crippen molar-refractivity contribution in [1.82, 2.24) is 9.29 Å². The molecule has 0 spiro atoms. The molecule has 0 radical (unpaired) electrons. The Bertz CT molecular complexity index is 555. The zero-order valence-corrected chi connectivity index (χ0v) is 13.0. The third kappa shape index (κ3) is 2.88. The second kappa shape index (κ2) is 5.21. The normalized spacial score (nSPS) is 18.2. The van der Waals surface area contributed by atoms with E-state index in [1.807, 2.05) is 6.07 Å². The number of pyridine rings is 1. The summed E-state index contributed by atoms with van der Waals surface area (Å²) in [5.74, 6) is 0.840. The van der Waals surface area contributed by atoms with Crippen molar-refractivity contribution < 1.29 is 8.42 Å². The lowest BCUT2D eigenvalue weighted by Gasteiger charge is -2.37. The average Bonchev–Trinajstić information content (AvgIpc) is 2.38. The van der Waals surface area contributed by atoms with Gasteiger partial charge in [-0.2, -0.15) is 4.31 Å². The Morgan fingerprint density at radius 1 is 1.15 bits per heavy atom. The molecule has 0 aliphatic carbocycles. The zero-order valence-electron chi connectivity index (χ0n) is 12.2. The highest BCUT2D eigenvalue weighted by molar-refractivity contribution is 7.90. The van der Waals surface area contributed by atoms with Crippen molar-refractivity contribution in [2.24, 2.45) is 0 Å². The molecule has 6 nitrogen and oxygen atoms in total. The first-order chi connectivity index (χ1) is 9.22. The number of piperazine rings is 1. The van der Waals surface area contributed by atoms with E-state index in [1.54, 1.807) is 37.3 Å². The Morgan fingerprint density at radius 2 is 1.75 bits per heavy atom. The van der Waals surface area contributed by atoms with Gasteiger partial charge in [0.25, 0.3) is 0 Å². The van der Waals surface area contributed by atoms with Gasteiger partial charge in [-0.1, -0.05) is 0 Å². The van der Waals surface area contributed by atoms with Gasteiger partial charge in [0, 0.05) is 26.2 Å². The van der Waals surface area contributed by atoms with Crippen molar-refractivity contribution in [2.75, 3.05) is 36.8 Å². The highest BCUT2D eigenvalue weighted by Crippen LogP contribution is 2.23. The lowest BCUT2D eigenvalue weighted by molar-refractivity contribution is 0.370. The number of aromatic nitrogens is 1. The molecule has 2 heterocycles. The molecule has 0 unspecified atom stereocenters. The van der Waals surface area contributed by atoms with Crippen LogP contribution in [0, 0.1) is 0 Å². The molecule has 112 valence electrons. The van der Waals surface area contributed by atoms with E-state index in [9.17, 15) is 8.42 Å². The van der Waals surface area contributed by atoms with E-state index in [4.69, 9.17) is 5.73 Å². The quantitative estimate of drug-likeness (QED) is 0.878. The van der Waals surface area contributed by atoms with Gasteiger partial charge in [-0.25, -0.2) is 13.4 Å². The largest absolute Gasteiger partial charge is 0.397 e. The molecule has 1 aliphatic heterocycles. The lowest BCUT2D eigenvalue weighted by Crippen LogP contribution is -2.53. The number of sulfonamides is 1. The Kier molecular flexibility index (Phi) is 3.93. The first kappa shape index (κ1) is 15.1. The van der Waals surface area contributed by atoms with Crippen molar-refractivity contribution >= 4 is 21.5 Å². The maximum Gasteiger partial charge on any atom is 0.219 e. The fraction of sp³-hybridized carbons (Fsp3) is 0.615. The summed E-state index contributed by atoms with van der Waals surface area (Å²) in [7, 11) is -3.25. The van der Waals surface area contributed by atoms with E-state index >= 15 is 0 Å². The molecule has 0 amide bonds. The van der Waals surface area contributed by atoms with E-state index in [2.05, 4.69) is 9.88 Å². The number of nitrogens with two attached hydrogens (primary N) is 1. The minimum Gasteiger partial charge on any atom is -0.397 e. The molecule has 7 heteroatoms. The zero-order chi connectivity index (χ0) is 15.0. The van der Waals surface area contributed by atoms with Crippen LogP contribution in [-0.4, -0.2) is 48.6 Å². The first-order valence-electron chi connectivity index (χ1n) is 6.68. The predicted octanol–water partition coefficient (Wildman–Crippen LogP) is 0.914. The average molecular weight is 298 g/mol. The predicted molar refractivity (Wildman–Crippen MR) is 81.1 cm³/mol. The molecule has 1 saturated heterocycles. The molecule has 2 N–H and O–H groups in total. The summed E-state index contributed by atoms with van der Waals surface area (Å²) in [6.07, 6.45) is 1.62. The van der Waals surface area contributed by atoms with Gasteiger partial charge in [0.05, 0.1) is 16.6 Å². The molecule has 1 aromatic rings. The van der Waals surface area contributed by atoms with Gasteiger partial charge < -0.3 is 10.6 Å². The van der Waals surface area contributed by atoms with Crippen LogP contribution in [0.5, 0.6) is 0 Å². The van der Waals surface area contributed by atoms with Gasteiger partial charge in [0.15, 0.2) is 0 Å². The Balaban J connectivity index is 2.05. The number of hydrogen-bond donors (Lipinski definition) is 1. The summed E-state index contributed by atoms with van der Waals surface area (Å²) >= 11 is 0. The number of hydrogen-bond acceptors (Lipinski definition) is 5. The first-order valence-corrected chi connectivity index (χ1v) is 8.12. The van der Waals surface area contributed by atoms with Gasteiger partial charge in [0.1, 0.15) is 5.82 Å². The molecule has 1 aromatic heterocycles. The van der Waals surface area contributed by atoms with Crippen LogP contribution >= 0.6 is 0 Å². The summed E-state index contributed by atoms with van der Waals surface area (Å²) in [5, 5.41) is 0. The van der Waals surface area contributed by atoms with Crippen molar-refractivity contribution in [2.45, 2.75) is 25.5 Å². The molecule has 0 aromatic carbocycles. The summed E-state index contributed by atoms with van der Waals surface area (Å²) in [5.41, 5.74) is 6.24. The third-order valence-electron chi connectivity index (χ3n) is 3.45. The molecular weight excluding hydrogens is 276 g/mol. The standard InChI is InChI=1S/C13H22N4O2S/c1-13(2,3)20(18,19)17-8-6-16(7-9-17)12-5-4-11(14)10-15-12/h4-5,10H,6-9,14H2,1-3H3. The summed E-state index contributed by atoms with van der Waals surface area (Å²) in [6, 6.07) is 3.67. The van der Waals surface area contributed by atoms with Crippen molar-refractivity contribution in [3.8, 4) is 0 Å². The molecule has 1 aliphatic rings. The lowest BCUT2D eigenvalue weighted by atomic mass is 10.3. The van der Waals surface area contributed by atoms with E-state index < -0.39 is 14.8 Å². The molecule has 1 fully saturated rings. The summed E-state index contributed by atoms with van der Waals surface area (Å²) in [4.78, 5) is 6.35. The topological polar surface area (TPSA) is 79.5 Å². The van der Waals surface area contributed by atoms with E-state index in [0.29, 0.717) is 31.9 Å². The highest BCUT2D eigenvalue weighted by atomic mass is 32.2. The van der Waals surface area contributed by atoms with Crippen LogP contribution in [0.25, 0.3) is 0 Å². The van der Waals surface area contributed by atoms with Gasteiger partial charge in [0.2, 0.25) is 10.0 Å². The minimum atomic E-state index is -3.25. The van der Waals surface area contributed by atoms with Crippen LogP contribution < -0.4 is 10.6 Å². The molecule has 0 bridgehead atoms. The second-order valence-corrected chi connectivity index (χ2v) is 8.64. The highest BCUT2D eigenvalue weighted by Gasteiger charge is 2.36. The number of nitrogen functional groups attached to an aromatic ring is 1. The Hall–Kier alpha value is -1.34. The van der Waals surface area contributed by atoms with Crippen LogP contribution in [0.1, 0.15) is 20.8 Å². The number of rotatable bonds is 2. The Morgan fingerprint density at radius 3 is 2.20 bits per heavy atom. The van der Waals surface area contributed by atoms with Crippen molar-refractivity contribution in [3.63, 3.8) is 0 Å². The molecule has 2 rings (SSSR count). The SMILES string of the molecule is CC(C)(C)S(=O)(=O)N1CCN(c2ccc(N)cn2)CC1. The van der Waals surface area contributed by atoms with Crippen LogP contribution in [0.3, 0.4) is 0 Å². The van der Waals surface area contributed by atoms with Gasteiger partial charge in [-0.3, -0.25) is 0 Å². The van der Waals surface area contributed by atoms with Crippen molar-refractivity contribution in [3.05, 3.63) is 18.3 Å². The Labute approximate surface area is 120 Å². The third-order valence-corrected chi connectivity index (χ3v) is 6.04. The fourth-order valence-corrected chi connectivity index (χ4v) is 3.55. The minimum absolute atomic E-state index is 0.492. The second-order valence-electron chi connectivity index (χ2n) is 5.95. The van der Waals surface area contributed by atoms with E-state index in [0.717, 1.165) is 5.82 Å². The monoisotopic (exact) mass is 298 g/mol. The van der Waals surface area contributed by atoms with Gasteiger partial charge in [-0.15, -0.1) is 0 Å². The number of anilines is 2.